The highest BCUT2D eigenvalue weighted by Gasteiger charge is 2.22. The molecule has 1 aromatic heterocycles. The number of nitrogens with one attached hydrogen (secondary N) is 1. The Labute approximate surface area is 164 Å². The summed E-state index contributed by atoms with van der Waals surface area (Å²) in [5.41, 5.74) is 2.89. The maximum absolute atomic E-state index is 12.8. The minimum atomic E-state index is -0.205. The first-order valence-electron chi connectivity index (χ1n) is 9.14. The molecule has 0 radical (unpaired) electrons. The van der Waals surface area contributed by atoms with Gasteiger partial charge in [-0.25, -0.2) is 0 Å². The topological polar surface area (TPSA) is 73.6 Å². The van der Waals surface area contributed by atoms with Crippen LogP contribution in [0.2, 0.25) is 0 Å². The van der Waals surface area contributed by atoms with Crippen LogP contribution >= 0.6 is 0 Å². The summed E-state index contributed by atoms with van der Waals surface area (Å²) in [5, 5.41) is 6.95. The number of carbonyl (C=O) groups excluding carboxylic acids is 1. The maximum atomic E-state index is 12.8. The van der Waals surface area contributed by atoms with E-state index < -0.39 is 0 Å². The normalized spacial score (nSPS) is 10.5. The van der Waals surface area contributed by atoms with Crippen LogP contribution in [0.15, 0.2) is 53.1 Å². The molecule has 0 fully saturated rings. The van der Waals surface area contributed by atoms with Crippen molar-refractivity contribution in [2.45, 2.75) is 19.8 Å². The number of aryl methyl sites for hydroxylation is 2. The Bertz CT molecular complexity index is 913. The molecule has 6 nitrogen and oxygen atoms in total. The highest BCUT2D eigenvalue weighted by molar-refractivity contribution is 6.00. The molecule has 0 unspecified atom stereocenters. The van der Waals surface area contributed by atoms with Gasteiger partial charge >= 0.3 is 0 Å². The second-order valence-electron chi connectivity index (χ2n) is 6.42. The minimum Gasteiger partial charge on any atom is -0.497 e. The third kappa shape index (κ3) is 4.52. The van der Waals surface area contributed by atoms with Gasteiger partial charge in [0.2, 0.25) is 0 Å². The van der Waals surface area contributed by atoms with Gasteiger partial charge in [-0.05, 0) is 37.5 Å². The Hall–Kier alpha value is -3.28. The zero-order chi connectivity index (χ0) is 19.9. The molecule has 0 bridgehead atoms. The van der Waals surface area contributed by atoms with E-state index in [9.17, 15) is 4.79 Å². The standard InChI is InChI=1S/C22H24N2O4/c1-15-20(22(25)23-11-7-10-16-8-5-4-6-9-16)21(28-24-15)17-12-18(26-2)14-19(13-17)27-3/h4-6,8-9,12-14H,7,10-11H2,1-3H3,(H,23,25). The number of amides is 1. The van der Waals surface area contributed by atoms with Crippen LogP contribution in [0.3, 0.4) is 0 Å². The zero-order valence-electron chi connectivity index (χ0n) is 16.3. The van der Waals surface area contributed by atoms with Crippen molar-refractivity contribution < 1.29 is 18.8 Å². The van der Waals surface area contributed by atoms with Gasteiger partial charge in [0.05, 0.1) is 19.9 Å². The van der Waals surface area contributed by atoms with E-state index in [1.54, 1.807) is 39.3 Å². The number of nitrogens with zero attached hydrogens (tertiary/aromatic N) is 1. The van der Waals surface area contributed by atoms with Crippen molar-refractivity contribution in [3.63, 3.8) is 0 Å². The van der Waals surface area contributed by atoms with Crippen LogP contribution in [-0.4, -0.2) is 31.8 Å². The lowest BCUT2D eigenvalue weighted by atomic mass is 10.1. The molecule has 0 atom stereocenters. The minimum absolute atomic E-state index is 0.205. The fraction of sp³-hybridized carbons (Fsp3) is 0.273. The van der Waals surface area contributed by atoms with E-state index in [1.165, 1.54) is 5.56 Å². The van der Waals surface area contributed by atoms with Crippen molar-refractivity contribution in [3.05, 3.63) is 65.4 Å². The predicted octanol–water partition coefficient (Wildman–Crippen LogP) is 4.03. The quantitative estimate of drug-likeness (QED) is 0.597. The molecule has 1 N–H and O–H groups in total. The number of hydrogen-bond donors (Lipinski definition) is 1. The fourth-order valence-electron chi connectivity index (χ4n) is 3.00. The zero-order valence-corrected chi connectivity index (χ0v) is 16.3. The molecule has 0 spiro atoms. The van der Waals surface area contributed by atoms with Crippen LogP contribution in [0.4, 0.5) is 0 Å². The summed E-state index contributed by atoms with van der Waals surface area (Å²) in [6, 6.07) is 15.5. The van der Waals surface area contributed by atoms with E-state index in [2.05, 4.69) is 22.6 Å². The summed E-state index contributed by atoms with van der Waals surface area (Å²) in [7, 11) is 3.15. The number of carbonyl (C=O) groups is 1. The van der Waals surface area contributed by atoms with Crippen molar-refractivity contribution in [1.29, 1.82) is 0 Å². The molecule has 1 amide bonds. The Kier molecular flexibility index (Phi) is 6.32. The lowest BCUT2D eigenvalue weighted by Crippen LogP contribution is -2.25. The molecule has 0 aliphatic carbocycles. The van der Waals surface area contributed by atoms with Crippen molar-refractivity contribution in [2.24, 2.45) is 0 Å². The third-order valence-corrected chi connectivity index (χ3v) is 4.47. The van der Waals surface area contributed by atoms with Gasteiger partial charge in [-0.15, -0.1) is 0 Å². The van der Waals surface area contributed by atoms with E-state index in [4.69, 9.17) is 14.0 Å². The molecule has 146 valence electrons. The number of aromatic nitrogens is 1. The molecule has 28 heavy (non-hydrogen) atoms. The van der Waals surface area contributed by atoms with Gasteiger partial charge in [0.15, 0.2) is 5.76 Å². The van der Waals surface area contributed by atoms with E-state index in [0.29, 0.717) is 40.6 Å². The Morgan fingerprint density at radius 3 is 2.39 bits per heavy atom. The highest BCUT2D eigenvalue weighted by Crippen LogP contribution is 2.32. The van der Waals surface area contributed by atoms with E-state index in [0.717, 1.165) is 12.8 Å². The van der Waals surface area contributed by atoms with Crippen molar-refractivity contribution in [2.75, 3.05) is 20.8 Å². The first-order chi connectivity index (χ1) is 13.6. The molecule has 6 heteroatoms. The van der Waals surface area contributed by atoms with E-state index >= 15 is 0 Å². The van der Waals surface area contributed by atoms with Gasteiger partial charge in [0, 0.05) is 18.2 Å². The monoisotopic (exact) mass is 380 g/mol. The van der Waals surface area contributed by atoms with Crippen LogP contribution < -0.4 is 14.8 Å². The maximum Gasteiger partial charge on any atom is 0.257 e. The Morgan fingerprint density at radius 1 is 1.07 bits per heavy atom. The second-order valence-corrected chi connectivity index (χ2v) is 6.42. The third-order valence-electron chi connectivity index (χ3n) is 4.47. The molecular weight excluding hydrogens is 356 g/mol. The summed E-state index contributed by atoms with van der Waals surface area (Å²) >= 11 is 0. The largest absolute Gasteiger partial charge is 0.497 e. The fourth-order valence-corrected chi connectivity index (χ4v) is 3.00. The highest BCUT2D eigenvalue weighted by atomic mass is 16.5. The molecule has 0 aliphatic rings. The number of ether oxygens (including phenoxy) is 2. The SMILES string of the molecule is COc1cc(OC)cc(-c2onc(C)c2C(=O)NCCCc2ccccc2)c1. The number of methoxy groups -OCH3 is 2. The first-order valence-corrected chi connectivity index (χ1v) is 9.14. The van der Waals surface area contributed by atoms with Crippen LogP contribution in [0.25, 0.3) is 11.3 Å². The van der Waals surface area contributed by atoms with Crippen LogP contribution in [0.5, 0.6) is 11.5 Å². The average molecular weight is 380 g/mol. The Morgan fingerprint density at radius 2 is 1.75 bits per heavy atom. The summed E-state index contributed by atoms with van der Waals surface area (Å²) in [6.45, 7) is 2.32. The lowest BCUT2D eigenvalue weighted by molar-refractivity contribution is 0.0953. The number of hydrogen-bond acceptors (Lipinski definition) is 5. The molecule has 0 saturated heterocycles. The second kappa shape index (κ2) is 9.08. The summed E-state index contributed by atoms with van der Waals surface area (Å²) < 4.78 is 16.1. The molecule has 1 heterocycles. The van der Waals surface area contributed by atoms with Gasteiger partial charge in [0.25, 0.3) is 5.91 Å². The molecule has 3 aromatic rings. The van der Waals surface area contributed by atoms with Gasteiger partial charge in [-0.1, -0.05) is 35.5 Å². The molecule has 2 aromatic carbocycles. The molecular formula is C22H24N2O4. The predicted molar refractivity (Wildman–Crippen MR) is 107 cm³/mol. The average Bonchev–Trinajstić information content (AvgIpc) is 3.13. The molecule has 3 rings (SSSR count). The van der Waals surface area contributed by atoms with E-state index in [1.807, 2.05) is 18.2 Å². The first kappa shape index (κ1) is 19.5. The number of rotatable bonds is 8. The van der Waals surface area contributed by atoms with Gasteiger partial charge in [-0.2, -0.15) is 0 Å². The summed E-state index contributed by atoms with van der Waals surface area (Å²) in [4.78, 5) is 12.8. The Balaban J connectivity index is 1.72. The van der Waals surface area contributed by atoms with Crippen LogP contribution in [-0.2, 0) is 6.42 Å². The lowest BCUT2D eigenvalue weighted by Gasteiger charge is -2.09. The van der Waals surface area contributed by atoms with Gasteiger partial charge < -0.3 is 19.3 Å². The molecule has 0 saturated carbocycles. The van der Waals surface area contributed by atoms with Gasteiger partial charge in [0.1, 0.15) is 17.1 Å². The van der Waals surface area contributed by atoms with Crippen molar-refractivity contribution >= 4 is 5.91 Å². The van der Waals surface area contributed by atoms with Crippen molar-refractivity contribution in [3.8, 4) is 22.8 Å². The summed E-state index contributed by atoms with van der Waals surface area (Å²) in [6.07, 6.45) is 1.76. The van der Waals surface area contributed by atoms with Crippen LogP contribution in [0.1, 0.15) is 28.0 Å². The van der Waals surface area contributed by atoms with E-state index in [-0.39, 0.29) is 5.91 Å². The van der Waals surface area contributed by atoms with Gasteiger partial charge in [-0.3, -0.25) is 4.79 Å². The van der Waals surface area contributed by atoms with Crippen LogP contribution in [0, 0.1) is 6.92 Å². The number of benzene rings is 2. The smallest absolute Gasteiger partial charge is 0.257 e. The summed E-state index contributed by atoms with van der Waals surface area (Å²) in [5.74, 6) is 1.41. The van der Waals surface area contributed by atoms with Crippen molar-refractivity contribution in [1.82, 2.24) is 10.5 Å². The molecule has 0 aliphatic heterocycles.